The van der Waals surface area contributed by atoms with E-state index >= 15 is 0 Å². The Bertz CT molecular complexity index is 1120. The minimum atomic E-state index is -4.71. The molecule has 0 radical (unpaired) electrons. The summed E-state index contributed by atoms with van der Waals surface area (Å²) < 4.78 is 42.3. The summed E-state index contributed by atoms with van der Waals surface area (Å²) in [5.74, 6) is -0.189. The quantitative estimate of drug-likeness (QED) is 0.391. The Kier molecular flexibility index (Phi) is 8.43. The number of anilines is 2. The summed E-state index contributed by atoms with van der Waals surface area (Å²) >= 11 is 0. The van der Waals surface area contributed by atoms with Crippen molar-refractivity contribution in [2.24, 2.45) is 0 Å². The molecule has 2 heterocycles. The molecule has 1 aliphatic heterocycles. The number of carbonyl (C=O) groups is 1. The second-order valence-corrected chi connectivity index (χ2v) is 8.67. The molecule has 6 nitrogen and oxygen atoms in total. The van der Waals surface area contributed by atoms with E-state index in [-0.39, 0.29) is 11.7 Å². The number of benzene rings is 2. The first kappa shape index (κ1) is 25.5. The largest absolute Gasteiger partial charge is 0.573 e. The maximum atomic E-state index is 12.7. The number of piperazine rings is 1. The summed E-state index contributed by atoms with van der Waals surface area (Å²) in [6.45, 7) is 3.58. The second kappa shape index (κ2) is 11.9. The summed E-state index contributed by atoms with van der Waals surface area (Å²) in [5, 5.41) is 2.94. The fourth-order valence-corrected chi connectivity index (χ4v) is 4.27. The molecule has 1 aliphatic rings. The van der Waals surface area contributed by atoms with Gasteiger partial charge in [0.05, 0.1) is 5.69 Å². The normalized spacial score (nSPS) is 14.5. The van der Waals surface area contributed by atoms with Crippen LogP contribution in [0.5, 0.6) is 5.75 Å². The van der Waals surface area contributed by atoms with Gasteiger partial charge in [-0.3, -0.25) is 14.7 Å². The number of ether oxygens (including phenoxy) is 1. The molecule has 190 valence electrons. The molecule has 0 spiro atoms. The minimum Gasteiger partial charge on any atom is -0.404 e. The molecule has 1 fully saturated rings. The number of hydrogen-bond donors (Lipinski definition) is 1. The molecular formula is C27H29F3N4O2. The van der Waals surface area contributed by atoms with Crippen LogP contribution < -0.4 is 15.0 Å². The highest BCUT2D eigenvalue weighted by molar-refractivity contribution is 5.90. The van der Waals surface area contributed by atoms with Crippen LogP contribution in [0.15, 0.2) is 73.1 Å². The minimum absolute atomic E-state index is 0.0183. The third-order valence-corrected chi connectivity index (χ3v) is 6.10. The lowest BCUT2D eigenvalue weighted by molar-refractivity contribution is -0.274. The van der Waals surface area contributed by atoms with Crippen LogP contribution in [0.4, 0.5) is 24.5 Å². The summed E-state index contributed by atoms with van der Waals surface area (Å²) in [4.78, 5) is 20.6. The summed E-state index contributed by atoms with van der Waals surface area (Å²) in [7, 11) is 0. The number of amides is 1. The third-order valence-electron chi connectivity index (χ3n) is 6.10. The average molecular weight is 499 g/mol. The smallest absolute Gasteiger partial charge is 0.404 e. The van der Waals surface area contributed by atoms with Crippen molar-refractivity contribution in [3.63, 3.8) is 0 Å². The molecule has 1 amide bonds. The van der Waals surface area contributed by atoms with Crippen molar-refractivity contribution in [1.82, 2.24) is 9.88 Å². The number of aromatic nitrogens is 1. The lowest BCUT2D eigenvalue weighted by Gasteiger charge is -2.36. The Morgan fingerprint density at radius 3 is 2.36 bits per heavy atom. The van der Waals surface area contributed by atoms with E-state index in [4.69, 9.17) is 0 Å². The van der Waals surface area contributed by atoms with E-state index in [0.717, 1.165) is 49.3 Å². The van der Waals surface area contributed by atoms with Crippen LogP contribution in [0.2, 0.25) is 0 Å². The first-order valence-corrected chi connectivity index (χ1v) is 12.0. The predicted octanol–water partition coefficient (Wildman–Crippen LogP) is 5.58. The number of nitrogens with zero attached hydrogens (tertiary/aromatic N) is 3. The van der Waals surface area contributed by atoms with E-state index in [0.29, 0.717) is 25.2 Å². The van der Waals surface area contributed by atoms with E-state index < -0.39 is 6.36 Å². The average Bonchev–Trinajstić information content (AvgIpc) is 2.87. The summed E-state index contributed by atoms with van der Waals surface area (Å²) in [5.41, 5.74) is 3.28. The Morgan fingerprint density at radius 2 is 1.67 bits per heavy atom. The van der Waals surface area contributed by atoms with Gasteiger partial charge in [-0.1, -0.05) is 30.3 Å². The molecule has 3 aromatic rings. The molecule has 9 heteroatoms. The third kappa shape index (κ3) is 7.45. The van der Waals surface area contributed by atoms with E-state index in [1.165, 1.54) is 12.1 Å². The number of alkyl halides is 3. The molecule has 0 saturated carbocycles. The van der Waals surface area contributed by atoms with Gasteiger partial charge in [0.25, 0.3) is 0 Å². The summed E-state index contributed by atoms with van der Waals surface area (Å²) in [6, 6.07) is 17.8. The van der Waals surface area contributed by atoms with Gasteiger partial charge >= 0.3 is 6.36 Å². The first-order valence-electron chi connectivity index (χ1n) is 12.0. The zero-order chi connectivity index (χ0) is 25.4. The van der Waals surface area contributed by atoms with Gasteiger partial charge in [0, 0.05) is 50.7 Å². The first-order chi connectivity index (χ1) is 17.4. The zero-order valence-electron chi connectivity index (χ0n) is 19.9. The van der Waals surface area contributed by atoms with E-state index in [1.807, 2.05) is 41.3 Å². The lowest BCUT2D eigenvalue weighted by Crippen LogP contribution is -2.46. The summed E-state index contributed by atoms with van der Waals surface area (Å²) in [6.07, 6.45) is 0.896. The van der Waals surface area contributed by atoms with Gasteiger partial charge in [0.15, 0.2) is 5.75 Å². The monoisotopic (exact) mass is 498 g/mol. The van der Waals surface area contributed by atoms with Crippen LogP contribution >= 0.6 is 0 Å². The second-order valence-electron chi connectivity index (χ2n) is 8.67. The molecule has 0 aliphatic carbocycles. The van der Waals surface area contributed by atoms with Crippen molar-refractivity contribution in [3.05, 3.63) is 73.1 Å². The number of nitrogens with one attached hydrogen (secondary N) is 1. The van der Waals surface area contributed by atoms with Gasteiger partial charge in [-0.05, 0) is 60.8 Å². The Labute approximate surface area is 208 Å². The van der Waals surface area contributed by atoms with Gasteiger partial charge in [-0.25, -0.2) is 0 Å². The van der Waals surface area contributed by atoms with Crippen molar-refractivity contribution in [2.45, 2.75) is 25.6 Å². The molecule has 4 rings (SSSR count). The van der Waals surface area contributed by atoms with Crippen molar-refractivity contribution in [1.29, 1.82) is 0 Å². The topological polar surface area (TPSA) is 57.7 Å². The molecule has 0 atom stereocenters. The maximum absolute atomic E-state index is 12.7. The van der Waals surface area contributed by atoms with Crippen LogP contribution in [0, 0.1) is 0 Å². The highest BCUT2D eigenvalue weighted by Crippen LogP contribution is 2.33. The van der Waals surface area contributed by atoms with Gasteiger partial charge in [-0.15, -0.1) is 13.2 Å². The number of para-hydroxylation sites is 2. The van der Waals surface area contributed by atoms with Crippen molar-refractivity contribution in [2.75, 3.05) is 42.9 Å². The fraction of sp³-hybridized carbons (Fsp3) is 0.333. The molecule has 1 N–H and O–H groups in total. The molecule has 1 aromatic heterocycles. The number of unbranched alkanes of at least 4 members (excludes halogenated alkanes) is 1. The number of carbonyl (C=O) groups excluding carboxylic acids is 1. The van der Waals surface area contributed by atoms with E-state index in [2.05, 4.69) is 19.9 Å². The Balaban J connectivity index is 1.15. The molecule has 2 aromatic carbocycles. The van der Waals surface area contributed by atoms with E-state index in [9.17, 15) is 18.0 Å². The standard InChI is InChI=1S/C27H29F3N4O2/c28-27(29,30)36-25-8-2-1-7-24(25)34-18-16-33(17-19-34)15-4-3-9-26(35)32-23-12-10-21(11-13-23)22-6-5-14-31-20-22/h1-2,5-8,10-14,20H,3-4,9,15-19H2,(H,32,35). The van der Waals surface area contributed by atoms with Gasteiger partial charge < -0.3 is 15.0 Å². The predicted molar refractivity (Wildman–Crippen MR) is 134 cm³/mol. The number of pyridine rings is 1. The van der Waals surface area contributed by atoms with Crippen molar-refractivity contribution in [3.8, 4) is 16.9 Å². The van der Waals surface area contributed by atoms with Crippen molar-refractivity contribution < 1.29 is 22.7 Å². The SMILES string of the molecule is O=C(CCCCN1CCN(c2ccccc2OC(F)(F)F)CC1)Nc1ccc(-c2cccnc2)cc1. The molecule has 1 saturated heterocycles. The Morgan fingerprint density at radius 1 is 0.917 bits per heavy atom. The van der Waals surface area contributed by atoms with Crippen LogP contribution in [0.3, 0.4) is 0 Å². The van der Waals surface area contributed by atoms with Crippen LogP contribution in [0.25, 0.3) is 11.1 Å². The maximum Gasteiger partial charge on any atom is 0.573 e. The Hall–Kier alpha value is -3.59. The van der Waals surface area contributed by atoms with Gasteiger partial charge in [-0.2, -0.15) is 0 Å². The fourth-order valence-electron chi connectivity index (χ4n) is 4.27. The molecule has 0 bridgehead atoms. The molecule has 36 heavy (non-hydrogen) atoms. The number of hydrogen-bond acceptors (Lipinski definition) is 5. The zero-order valence-corrected chi connectivity index (χ0v) is 19.9. The van der Waals surface area contributed by atoms with E-state index in [1.54, 1.807) is 24.5 Å². The van der Waals surface area contributed by atoms with Crippen molar-refractivity contribution >= 4 is 17.3 Å². The number of halogens is 3. The highest BCUT2D eigenvalue weighted by Gasteiger charge is 2.33. The molecular weight excluding hydrogens is 469 g/mol. The highest BCUT2D eigenvalue weighted by atomic mass is 19.4. The molecule has 0 unspecified atom stereocenters. The lowest BCUT2D eigenvalue weighted by atomic mass is 10.1. The van der Waals surface area contributed by atoms with Crippen LogP contribution in [-0.2, 0) is 4.79 Å². The van der Waals surface area contributed by atoms with Crippen LogP contribution in [0.1, 0.15) is 19.3 Å². The number of rotatable bonds is 9. The van der Waals surface area contributed by atoms with Crippen LogP contribution in [-0.4, -0.2) is 54.9 Å². The van der Waals surface area contributed by atoms with Gasteiger partial charge in [0.1, 0.15) is 0 Å². The van der Waals surface area contributed by atoms with Gasteiger partial charge in [0.2, 0.25) is 5.91 Å².